The van der Waals surface area contributed by atoms with Gasteiger partial charge in [-0.1, -0.05) is 18.2 Å². The fourth-order valence-corrected chi connectivity index (χ4v) is 2.10. The molecule has 0 amide bonds. The predicted octanol–water partition coefficient (Wildman–Crippen LogP) is 1.59. The number of para-hydroxylation sites is 1. The number of nitrogens with zero attached hydrogens (tertiary/aromatic N) is 1. The van der Waals surface area contributed by atoms with Gasteiger partial charge in [-0.05, 0) is 12.1 Å². The molecule has 6 heteroatoms. The molecule has 0 aliphatic rings. The highest BCUT2D eigenvalue weighted by atomic mass is 16.5. The van der Waals surface area contributed by atoms with Gasteiger partial charge in [-0.2, -0.15) is 0 Å². The van der Waals surface area contributed by atoms with Gasteiger partial charge >= 0.3 is 0 Å². The van der Waals surface area contributed by atoms with Crippen molar-refractivity contribution in [1.82, 2.24) is 4.98 Å². The molecule has 1 unspecified atom stereocenters. The van der Waals surface area contributed by atoms with E-state index >= 15 is 0 Å². The molecule has 0 fully saturated rings. The Bertz CT molecular complexity index is 630. The monoisotopic (exact) mass is 288 g/mol. The van der Waals surface area contributed by atoms with Crippen molar-refractivity contribution < 1.29 is 9.47 Å². The number of benzene rings is 1. The molecular formula is C15H20N4O2. The van der Waals surface area contributed by atoms with Gasteiger partial charge in [0.2, 0.25) is 0 Å². The number of hydrogen-bond acceptors (Lipinski definition) is 5. The van der Waals surface area contributed by atoms with E-state index in [0.717, 1.165) is 10.9 Å². The van der Waals surface area contributed by atoms with Crippen LogP contribution in [0.2, 0.25) is 0 Å². The zero-order chi connectivity index (χ0) is 15.2. The molecule has 2 aromatic rings. The lowest BCUT2D eigenvalue weighted by molar-refractivity contribution is 0.0365. The van der Waals surface area contributed by atoms with E-state index in [1.54, 1.807) is 20.3 Å². The molecule has 112 valence electrons. The van der Waals surface area contributed by atoms with E-state index in [4.69, 9.17) is 20.6 Å². The van der Waals surface area contributed by atoms with Gasteiger partial charge in [0.1, 0.15) is 11.7 Å². The third-order valence-corrected chi connectivity index (χ3v) is 3.20. The molecule has 0 aliphatic heterocycles. The van der Waals surface area contributed by atoms with Crippen LogP contribution in [0.1, 0.15) is 5.56 Å². The summed E-state index contributed by atoms with van der Waals surface area (Å²) in [4.78, 5) is 4.52. The first-order chi connectivity index (χ1) is 10.2. The van der Waals surface area contributed by atoms with E-state index in [2.05, 4.69) is 10.3 Å². The van der Waals surface area contributed by atoms with Gasteiger partial charge in [0.05, 0.1) is 18.2 Å². The summed E-state index contributed by atoms with van der Waals surface area (Å²) in [7, 11) is 3.27. The Balaban J connectivity index is 2.26. The summed E-state index contributed by atoms with van der Waals surface area (Å²) in [6.07, 6.45) is -0.0657. The number of anilines is 1. The van der Waals surface area contributed by atoms with Crippen LogP contribution >= 0.6 is 0 Å². The van der Waals surface area contributed by atoms with E-state index in [0.29, 0.717) is 24.5 Å². The second kappa shape index (κ2) is 7.01. The van der Waals surface area contributed by atoms with Crippen molar-refractivity contribution in [3.8, 4) is 0 Å². The first kappa shape index (κ1) is 15.2. The Morgan fingerprint density at radius 1 is 1.38 bits per heavy atom. The number of aromatic nitrogens is 1. The number of nitrogen functional groups attached to an aromatic ring is 1. The van der Waals surface area contributed by atoms with Crippen molar-refractivity contribution in [2.24, 2.45) is 5.73 Å². The molecule has 2 rings (SSSR count). The van der Waals surface area contributed by atoms with Crippen molar-refractivity contribution in [3.05, 3.63) is 35.9 Å². The number of ether oxygens (including phenoxy) is 2. The first-order valence-electron chi connectivity index (χ1n) is 6.65. The van der Waals surface area contributed by atoms with Crippen LogP contribution in [0.3, 0.4) is 0 Å². The van der Waals surface area contributed by atoms with Gasteiger partial charge in [0.25, 0.3) is 0 Å². The van der Waals surface area contributed by atoms with E-state index in [1.807, 2.05) is 24.3 Å². The highest BCUT2D eigenvalue weighted by Crippen LogP contribution is 2.20. The van der Waals surface area contributed by atoms with E-state index < -0.39 is 0 Å². The quantitative estimate of drug-likeness (QED) is 0.531. The van der Waals surface area contributed by atoms with Crippen molar-refractivity contribution in [3.63, 3.8) is 0 Å². The number of nitrogens with one attached hydrogen (secondary N) is 2. The van der Waals surface area contributed by atoms with Crippen molar-refractivity contribution in [2.75, 3.05) is 32.7 Å². The Kier molecular flexibility index (Phi) is 5.08. The molecular weight excluding hydrogens is 268 g/mol. The van der Waals surface area contributed by atoms with Gasteiger partial charge in [0, 0.05) is 31.7 Å². The van der Waals surface area contributed by atoms with E-state index in [1.165, 1.54) is 0 Å². The zero-order valence-corrected chi connectivity index (χ0v) is 12.2. The van der Waals surface area contributed by atoms with Crippen molar-refractivity contribution in [1.29, 1.82) is 5.41 Å². The molecule has 0 saturated carbocycles. The summed E-state index contributed by atoms with van der Waals surface area (Å²) in [6.45, 7) is 1.06. The average Bonchev–Trinajstić information content (AvgIpc) is 2.50. The highest BCUT2D eigenvalue weighted by molar-refractivity contribution is 6.07. The summed E-state index contributed by atoms with van der Waals surface area (Å²) in [6, 6.07) is 9.40. The lowest BCUT2D eigenvalue weighted by atomic mass is 10.1. The number of pyridine rings is 1. The van der Waals surface area contributed by atoms with Crippen LogP contribution in [-0.4, -0.2) is 44.3 Å². The molecule has 1 heterocycles. The minimum atomic E-state index is -0.0657. The van der Waals surface area contributed by atoms with Gasteiger partial charge in [-0.15, -0.1) is 0 Å². The van der Waals surface area contributed by atoms with Crippen LogP contribution in [0.15, 0.2) is 30.3 Å². The molecule has 0 bridgehead atoms. The Labute approximate surface area is 123 Å². The Morgan fingerprint density at radius 2 is 2.14 bits per heavy atom. The minimum absolute atomic E-state index is 0.0248. The van der Waals surface area contributed by atoms with Crippen LogP contribution < -0.4 is 11.1 Å². The fourth-order valence-electron chi connectivity index (χ4n) is 2.10. The first-order valence-corrected chi connectivity index (χ1v) is 6.65. The van der Waals surface area contributed by atoms with Crippen LogP contribution in [0, 0.1) is 5.41 Å². The van der Waals surface area contributed by atoms with Crippen molar-refractivity contribution in [2.45, 2.75) is 6.10 Å². The maximum absolute atomic E-state index is 7.71. The third-order valence-electron chi connectivity index (χ3n) is 3.20. The molecule has 21 heavy (non-hydrogen) atoms. The maximum Gasteiger partial charge on any atom is 0.127 e. The number of fused-ring (bicyclic) bond motifs is 1. The van der Waals surface area contributed by atoms with Crippen LogP contribution in [0.4, 0.5) is 5.82 Å². The van der Waals surface area contributed by atoms with Crippen molar-refractivity contribution >= 4 is 22.6 Å². The maximum atomic E-state index is 7.71. The predicted molar refractivity (Wildman–Crippen MR) is 83.9 cm³/mol. The molecule has 1 aromatic heterocycles. The minimum Gasteiger partial charge on any atom is -0.384 e. The number of hydrogen-bond donors (Lipinski definition) is 3. The molecule has 0 saturated heterocycles. The van der Waals surface area contributed by atoms with Gasteiger partial charge < -0.3 is 20.5 Å². The normalized spacial score (nSPS) is 12.3. The molecule has 0 radical (unpaired) electrons. The Hall–Kier alpha value is -2.18. The van der Waals surface area contributed by atoms with E-state index in [9.17, 15) is 0 Å². The van der Waals surface area contributed by atoms with Crippen LogP contribution in [0.5, 0.6) is 0 Å². The molecule has 1 aromatic carbocycles. The number of nitrogens with two attached hydrogens (primary N) is 1. The zero-order valence-electron chi connectivity index (χ0n) is 12.2. The van der Waals surface area contributed by atoms with E-state index in [-0.39, 0.29) is 11.9 Å². The largest absolute Gasteiger partial charge is 0.384 e. The summed E-state index contributed by atoms with van der Waals surface area (Å²) < 4.78 is 10.4. The fraction of sp³-hybridized carbons (Fsp3) is 0.333. The number of amidine groups is 1. The summed E-state index contributed by atoms with van der Waals surface area (Å²) in [5.41, 5.74) is 7.13. The summed E-state index contributed by atoms with van der Waals surface area (Å²) in [5.74, 6) is 0.689. The SMILES string of the molecule is COCC(CNc1cc(C(=N)N)c2ccccc2n1)OC. The topological polar surface area (TPSA) is 93.2 Å². The molecule has 4 N–H and O–H groups in total. The van der Waals surface area contributed by atoms with Gasteiger partial charge in [-0.25, -0.2) is 4.98 Å². The second-order valence-corrected chi connectivity index (χ2v) is 4.68. The Morgan fingerprint density at radius 3 is 2.81 bits per heavy atom. The van der Waals surface area contributed by atoms with Crippen LogP contribution in [-0.2, 0) is 9.47 Å². The summed E-state index contributed by atoms with van der Waals surface area (Å²) in [5, 5.41) is 11.8. The third kappa shape index (κ3) is 3.68. The second-order valence-electron chi connectivity index (χ2n) is 4.68. The van der Waals surface area contributed by atoms with Crippen LogP contribution in [0.25, 0.3) is 10.9 Å². The molecule has 6 nitrogen and oxygen atoms in total. The lowest BCUT2D eigenvalue weighted by Crippen LogP contribution is -2.27. The molecule has 0 spiro atoms. The summed E-state index contributed by atoms with van der Waals surface area (Å²) >= 11 is 0. The number of rotatable bonds is 7. The highest BCUT2D eigenvalue weighted by Gasteiger charge is 2.10. The number of methoxy groups -OCH3 is 2. The average molecular weight is 288 g/mol. The molecule has 1 atom stereocenters. The van der Waals surface area contributed by atoms with Gasteiger partial charge in [-0.3, -0.25) is 5.41 Å². The van der Waals surface area contributed by atoms with Gasteiger partial charge in [0.15, 0.2) is 0 Å². The smallest absolute Gasteiger partial charge is 0.127 e. The molecule has 0 aliphatic carbocycles. The lowest BCUT2D eigenvalue weighted by Gasteiger charge is -2.16. The standard InChI is InChI=1S/C15H20N4O2/c1-20-9-10(21-2)8-18-14-7-12(15(16)17)11-5-3-4-6-13(11)19-14/h3-7,10H,8-9H2,1-2H3,(H3,16,17)(H,18,19).